The molecular formula is C18H28O2Si. The van der Waals surface area contributed by atoms with E-state index in [0.717, 1.165) is 0 Å². The van der Waals surface area contributed by atoms with E-state index in [4.69, 9.17) is 4.74 Å². The average Bonchev–Trinajstić information content (AvgIpc) is 2.36. The molecule has 116 valence electrons. The van der Waals surface area contributed by atoms with Gasteiger partial charge >= 0.3 is 5.97 Å². The molecular weight excluding hydrogens is 276 g/mol. The molecule has 0 rings (SSSR count). The van der Waals surface area contributed by atoms with Gasteiger partial charge in [-0.3, -0.25) is 0 Å². The van der Waals surface area contributed by atoms with E-state index in [2.05, 4.69) is 64.8 Å². The van der Waals surface area contributed by atoms with Crippen molar-refractivity contribution in [3.8, 4) is 23.3 Å². The fourth-order valence-corrected chi connectivity index (χ4v) is 8.10. The summed E-state index contributed by atoms with van der Waals surface area (Å²) in [5, 5.41) is 0. The van der Waals surface area contributed by atoms with E-state index in [-0.39, 0.29) is 5.97 Å². The van der Waals surface area contributed by atoms with Gasteiger partial charge in [-0.05, 0) is 41.5 Å². The molecule has 0 aliphatic rings. The van der Waals surface area contributed by atoms with Gasteiger partial charge in [-0.25, -0.2) is 4.79 Å². The predicted octanol–water partition coefficient (Wildman–Crippen LogP) is 4.33. The summed E-state index contributed by atoms with van der Waals surface area (Å²) in [6.07, 6.45) is 2.83. The summed E-state index contributed by atoms with van der Waals surface area (Å²) in [5.41, 5.74) is 5.31. The van der Waals surface area contributed by atoms with Gasteiger partial charge in [0, 0.05) is 6.08 Å². The first-order valence-electron chi connectivity index (χ1n) is 7.64. The smallest absolute Gasteiger partial charge is 0.331 e. The predicted molar refractivity (Wildman–Crippen MR) is 92.4 cm³/mol. The third-order valence-corrected chi connectivity index (χ3v) is 10.2. The van der Waals surface area contributed by atoms with Crippen molar-refractivity contribution in [2.24, 2.45) is 0 Å². The summed E-state index contributed by atoms with van der Waals surface area (Å²) in [5.74, 6) is 8.27. The van der Waals surface area contributed by atoms with Crippen molar-refractivity contribution in [1.82, 2.24) is 0 Å². The lowest BCUT2D eigenvalue weighted by Crippen LogP contribution is -2.43. The van der Waals surface area contributed by atoms with Crippen molar-refractivity contribution in [3.05, 3.63) is 12.2 Å². The van der Waals surface area contributed by atoms with Gasteiger partial charge in [0.1, 0.15) is 8.07 Å². The SMILES string of the molecule is CCOC(=O)/C=C/C#CC#C[Si](C(C)C)(C(C)C)C(C)C. The highest BCUT2D eigenvalue weighted by Crippen LogP contribution is 2.40. The summed E-state index contributed by atoms with van der Waals surface area (Å²) >= 11 is 0. The van der Waals surface area contributed by atoms with Crippen LogP contribution in [0.4, 0.5) is 0 Å². The van der Waals surface area contributed by atoms with Gasteiger partial charge in [-0.15, -0.1) is 5.54 Å². The third kappa shape index (κ3) is 5.82. The first-order valence-corrected chi connectivity index (χ1v) is 9.88. The largest absolute Gasteiger partial charge is 0.463 e. The molecule has 21 heavy (non-hydrogen) atoms. The van der Waals surface area contributed by atoms with E-state index in [9.17, 15) is 4.79 Å². The van der Waals surface area contributed by atoms with E-state index < -0.39 is 8.07 Å². The van der Waals surface area contributed by atoms with Crippen LogP contribution in [0.5, 0.6) is 0 Å². The molecule has 0 aromatic rings. The summed E-state index contributed by atoms with van der Waals surface area (Å²) in [6, 6.07) is 0. The number of esters is 1. The molecule has 0 fully saturated rings. The molecule has 0 radical (unpaired) electrons. The van der Waals surface area contributed by atoms with Crippen molar-refractivity contribution in [3.63, 3.8) is 0 Å². The standard InChI is InChI=1S/C18H28O2Si/c1-8-20-18(19)13-11-9-10-12-14-21(15(2)3,16(4)5)17(6)7/h11,13,15-17H,8H2,1-7H3/b13-11+. The molecule has 3 heteroatoms. The van der Waals surface area contributed by atoms with Crippen LogP contribution < -0.4 is 0 Å². The Morgan fingerprint density at radius 1 is 1.05 bits per heavy atom. The Kier molecular flexibility index (Phi) is 8.82. The quantitative estimate of drug-likeness (QED) is 0.327. The maximum Gasteiger partial charge on any atom is 0.331 e. The molecule has 0 amide bonds. The zero-order valence-electron chi connectivity index (χ0n) is 14.4. The normalized spacial score (nSPS) is 11.3. The van der Waals surface area contributed by atoms with Gasteiger partial charge in [-0.1, -0.05) is 47.5 Å². The number of carbonyl (C=O) groups excluding carboxylic acids is 1. The zero-order valence-corrected chi connectivity index (χ0v) is 15.4. The maximum absolute atomic E-state index is 11.1. The Labute approximate surface area is 131 Å². The topological polar surface area (TPSA) is 26.3 Å². The van der Waals surface area contributed by atoms with Crippen LogP contribution in [0.25, 0.3) is 0 Å². The van der Waals surface area contributed by atoms with Gasteiger partial charge in [0.25, 0.3) is 0 Å². The van der Waals surface area contributed by atoms with Crippen LogP contribution in [0.1, 0.15) is 48.5 Å². The Balaban J connectivity index is 5.06. The molecule has 2 nitrogen and oxygen atoms in total. The lowest BCUT2D eigenvalue weighted by molar-refractivity contribution is -0.137. The van der Waals surface area contributed by atoms with Crippen LogP contribution in [-0.4, -0.2) is 20.7 Å². The fourth-order valence-electron chi connectivity index (χ4n) is 2.95. The van der Waals surface area contributed by atoms with Crippen LogP contribution in [0.2, 0.25) is 16.6 Å². The van der Waals surface area contributed by atoms with E-state index in [0.29, 0.717) is 23.2 Å². The Morgan fingerprint density at radius 2 is 1.57 bits per heavy atom. The van der Waals surface area contributed by atoms with Gasteiger partial charge in [-0.2, -0.15) is 0 Å². The van der Waals surface area contributed by atoms with E-state index >= 15 is 0 Å². The first kappa shape index (κ1) is 19.5. The van der Waals surface area contributed by atoms with Crippen LogP contribution in [0, 0.1) is 23.3 Å². The minimum Gasteiger partial charge on any atom is -0.463 e. The minimum absolute atomic E-state index is 0.366. The molecule has 0 saturated carbocycles. The summed E-state index contributed by atoms with van der Waals surface area (Å²) in [4.78, 5) is 11.1. The lowest BCUT2D eigenvalue weighted by atomic mass is 10.5. The molecule has 0 aliphatic carbocycles. The van der Waals surface area contributed by atoms with E-state index in [1.807, 2.05) is 0 Å². The lowest BCUT2D eigenvalue weighted by Gasteiger charge is -2.37. The Morgan fingerprint density at radius 3 is 2.00 bits per heavy atom. The molecule has 0 aromatic carbocycles. The number of hydrogen-bond acceptors (Lipinski definition) is 2. The second-order valence-electron chi connectivity index (χ2n) is 6.00. The molecule has 0 atom stereocenters. The van der Waals surface area contributed by atoms with Gasteiger partial charge in [0.2, 0.25) is 0 Å². The molecule has 0 aliphatic heterocycles. The highest BCUT2D eigenvalue weighted by molar-refractivity contribution is 6.90. The van der Waals surface area contributed by atoms with Crippen molar-refractivity contribution >= 4 is 14.0 Å². The van der Waals surface area contributed by atoms with Gasteiger partial charge < -0.3 is 4.74 Å². The summed E-state index contributed by atoms with van der Waals surface area (Å²) < 4.78 is 4.77. The van der Waals surface area contributed by atoms with Crippen molar-refractivity contribution < 1.29 is 9.53 Å². The number of ether oxygens (including phenoxy) is 1. The number of rotatable bonds is 5. The maximum atomic E-state index is 11.1. The highest BCUT2D eigenvalue weighted by Gasteiger charge is 2.41. The summed E-state index contributed by atoms with van der Waals surface area (Å²) in [6.45, 7) is 15.8. The van der Waals surface area contributed by atoms with Crippen LogP contribution in [0.3, 0.4) is 0 Å². The minimum atomic E-state index is -1.70. The van der Waals surface area contributed by atoms with E-state index in [1.165, 1.54) is 12.2 Å². The van der Waals surface area contributed by atoms with Crippen LogP contribution >= 0.6 is 0 Å². The van der Waals surface area contributed by atoms with Crippen LogP contribution in [-0.2, 0) is 9.53 Å². The molecule has 0 bridgehead atoms. The highest BCUT2D eigenvalue weighted by atomic mass is 28.3. The van der Waals surface area contributed by atoms with Crippen molar-refractivity contribution in [2.45, 2.75) is 65.1 Å². The number of carbonyl (C=O) groups is 1. The third-order valence-electron chi connectivity index (χ3n) is 3.87. The Hall–Kier alpha value is -1.45. The molecule has 0 spiro atoms. The van der Waals surface area contributed by atoms with Crippen molar-refractivity contribution in [2.75, 3.05) is 6.61 Å². The number of allylic oxidation sites excluding steroid dienone is 1. The molecule has 0 unspecified atom stereocenters. The first-order chi connectivity index (χ1) is 9.78. The zero-order chi connectivity index (χ0) is 16.5. The molecule has 0 N–H and O–H groups in total. The van der Waals surface area contributed by atoms with Crippen molar-refractivity contribution in [1.29, 1.82) is 0 Å². The van der Waals surface area contributed by atoms with E-state index in [1.54, 1.807) is 6.92 Å². The molecule has 0 aromatic heterocycles. The van der Waals surface area contributed by atoms with Gasteiger partial charge in [0.05, 0.1) is 6.61 Å². The monoisotopic (exact) mass is 304 g/mol. The van der Waals surface area contributed by atoms with Gasteiger partial charge in [0.15, 0.2) is 0 Å². The average molecular weight is 305 g/mol. The fraction of sp³-hybridized carbons (Fsp3) is 0.611. The second-order valence-corrected chi connectivity index (χ2v) is 11.6. The molecule has 0 heterocycles. The summed E-state index contributed by atoms with van der Waals surface area (Å²) in [7, 11) is -1.70. The van der Waals surface area contributed by atoms with Crippen LogP contribution in [0.15, 0.2) is 12.2 Å². The molecule has 0 saturated heterocycles. The Bertz CT molecular complexity index is 457. The number of hydrogen-bond donors (Lipinski definition) is 0. The second kappa shape index (κ2) is 9.48.